The average molecular weight is 357 g/mol. The molecule has 0 unspecified atom stereocenters. The fraction of sp³-hybridized carbons (Fsp3) is 0.444. The van der Waals surface area contributed by atoms with Gasteiger partial charge in [-0.1, -0.05) is 11.2 Å². The monoisotopic (exact) mass is 357 g/mol. The number of nitrogens with zero attached hydrogens (tertiary/aromatic N) is 3. The van der Waals surface area contributed by atoms with Crippen LogP contribution < -0.4 is 10.6 Å². The third kappa shape index (κ3) is 5.13. The molecule has 1 saturated heterocycles. The van der Waals surface area contributed by atoms with Gasteiger partial charge >= 0.3 is 0 Å². The normalized spacial score (nSPS) is 15.6. The summed E-state index contributed by atoms with van der Waals surface area (Å²) in [7, 11) is 0. The van der Waals surface area contributed by atoms with Crippen LogP contribution in [0.4, 0.5) is 5.82 Å². The van der Waals surface area contributed by atoms with Crippen LogP contribution in [0.3, 0.4) is 0 Å². The minimum absolute atomic E-state index is 0.0174. The molecule has 0 bridgehead atoms. The standard InChI is InChI=1S/C18H23N5O3/c1-13-10-16(22-26-13)21-17(24)12-23-8-5-14(6-9-23)18(25)20-11-15-4-2-3-7-19-15/h2-4,7,10,14H,5-6,8-9,11-12H2,1H3,(H,20,25)(H,21,22,24). The summed E-state index contributed by atoms with van der Waals surface area (Å²) in [4.78, 5) is 30.6. The number of carbonyl (C=O) groups excluding carboxylic acids is 2. The van der Waals surface area contributed by atoms with Gasteiger partial charge in [-0.2, -0.15) is 0 Å². The number of carbonyl (C=O) groups is 2. The first-order valence-corrected chi connectivity index (χ1v) is 8.73. The van der Waals surface area contributed by atoms with Crippen molar-refractivity contribution >= 4 is 17.6 Å². The second-order valence-corrected chi connectivity index (χ2v) is 6.46. The van der Waals surface area contributed by atoms with Crippen LogP contribution in [0.5, 0.6) is 0 Å². The molecule has 8 nitrogen and oxygen atoms in total. The third-order valence-corrected chi connectivity index (χ3v) is 4.39. The summed E-state index contributed by atoms with van der Waals surface area (Å²) in [6, 6.07) is 7.31. The van der Waals surface area contributed by atoms with Gasteiger partial charge in [0.2, 0.25) is 11.8 Å². The summed E-state index contributed by atoms with van der Waals surface area (Å²) < 4.78 is 4.92. The van der Waals surface area contributed by atoms with Crippen molar-refractivity contribution in [2.75, 3.05) is 25.0 Å². The number of aromatic nitrogens is 2. The van der Waals surface area contributed by atoms with Crippen molar-refractivity contribution in [3.05, 3.63) is 41.9 Å². The van der Waals surface area contributed by atoms with Crippen molar-refractivity contribution in [2.24, 2.45) is 5.92 Å². The van der Waals surface area contributed by atoms with Gasteiger partial charge in [-0.25, -0.2) is 0 Å². The van der Waals surface area contributed by atoms with Gasteiger partial charge in [0.05, 0.1) is 18.8 Å². The van der Waals surface area contributed by atoms with E-state index in [9.17, 15) is 9.59 Å². The van der Waals surface area contributed by atoms with Crippen LogP contribution in [-0.2, 0) is 16.1 Å². The van der Waals surface area contributed by atoms with E-state index in [1.165, 1.54) is 0 Å². The Morgan fingerprint density at radius 1 is 1.31 bits per heavy atom. The van der Waals surface area contributed by atoms with Crippen LogP contribution in [0.15, 0.2) is 35.0 Å². The number of hydrogen-bond donors (Lipinski definition) is 2. The zero-order chi connectivity index (χ0) is 18.4. The largest absolute Gasteiger partial charge is 0.360 e. The molecule has 0 saturated carbocycles. The molecule has 3 heterocycles. The SMILES string of the molecule is Cc1cc(NC(=O)CN2CCC(C(=O)NCc3ccccn3)CC2)no1. The Balaban J connectivity index is 1.38. The van der Waals surface area contributed by atoms with Crippen LogP contribution >= 0.6 is 0 Å². The molecule has 2 aromatic rings. The maximum Gasteiger partial charge on any atom is 0.239 e. The van der Waals surface area contributed by atoms with Gasteiger partial charge < -0.3 is 15.2 Å². The Morgan fingerprint density at radius 3 is 2.77 bits per heavy atom. The first kappa shape index (κ1) is 18.1. The summed E-state index contributed by atoms with van der Waals surface area (Å²) in [5, 5.41) is 9.40. The van der Waals surface area contributed by atoms with Crippen LogP contribution in [0.2, 0.25) is 0 Å². The molecule has 1 fully saturated rings. The van der Waals surface area contributed by atoms with Crippen molar-refractivity contribution in [3.8, 4) is 0 Å². The second-order valence-electron chi connectivity index (χ2n) is 6.46. The lowest BCUT2D eigenvalue weighted by molar-refractivity contribution is -0.126. The first-order valence-electron chi connectivity index (χ1n) is 8.73. The van der Waals surface area contributed by atoms with Crippen molar-refractivity contribution in [1.82, 2.24) is 20.4 Å². The summed E-state index contributed by atoms with van der Waals surface area (Å²) in [5.41, 5.74) is 0.845. The van der Waals surface area contributed by atoms with Gasteiger partial charge in [-0.15, -0.1) is 0 Å². The molecule has 0 spiro atoms. The molecule has 0 radical (unpaired) electrons. The number of pyridine rings is 1. The summed E-state index contributed by atoms with van der Waals surface area (Å²) >= 11 is 0. The number of piperidine rings is 1. The molecule has 26 heavy (non-hydrogen) atoms. The fourth-order valence-electron chi connectivity index (χ4n) is 2.99. The summed E-state index contributed by atoms with van der Waals surface area (Å²) in [6.07, 6.45) is 3.19. The highest BCUT2D eigenvalue weighted by molar-refractivity contribution is 5.91. The van der Waals surface area contributed by atoms with E-state index in [-0.39, 0.29) is 24.3 Å². The number of aryl methyl sites for hydroxylation is 1. The molecule has 0 aliphatic carbocycles. The van der Waals surface area contributed by atoms with E-state index >= 15 is 0 Å². The van der Waals surface area contributed by atoms with Gasteiger partial charge in [-0.05, 0) is 45.0 Å². The Bertz CT molecular complexity index is 738. The topological polar surface area (TPSA) is 100 Å². The molecule has 2 N–H and O–H groups in total. The predicted octanol–water partition coefficient (Wildman–Crippen LogP) is 1.34. The molecule has 2 aromatic heterocycles. The zero-order valence-electron chi connectivity index (χ0n) is 14.8. The van der Waals surface area contributed by atoms with Crippen molar-refractivity contribution in [3.63, 3.8) is 0 Å². The smallest absolute Gasteiger partial charge is 0.239 e. The molecule has 138 valence electrons. The van der Waals surface area contributed by atoms with E-state index in [4.69, 9.17) is 4.52 Å². The second kappa shape index (κ2) is 8.57. The van der Waals surface area contributed by atoms with Crippen molar-refractivity contribution in [2.45, 2.75) is 26.3 Å². The summed E-state index contributed by atoms with van der Waals surface area (Å²) in [6.45, 7) is 3.93. The maximum atomic E-state index is 12.3. The predicted molar refractivity (Wildman–Crippen MR) is 95.1 cm³/mol. The van der Waals surface area contributed by atoms with E-state index in [1.54, 1.807) is 19.2 Å². The molecular formula is C18H23N5O3. The van der Waals surface area contributed by atoms with Crippen LogP contribution in [0.1, 0.15) is 24.3 Å². The van der Waals surface area contributed by atoms with E-state index in [1.807, 2.05) is 23.1 Å². The van der Waals surface area contributed by atoms with Gasteiger partial charge in [0.25, 0.3) is 0 Å². The minimum atomic E-state index is -0.128. The van der Waals surface area contributed by atoms with E-state index in [0.717, 1.165) is 18.5 Å². The highest BCUT2D eigenvalue weighted by atomic mass is 16.5. The van der Waals surface area contributed by atoms with Crippen LogP contribution in [0, 0.1) is 12.8 Å². The van der Waals surface area contributed by atoms with Gasteiger partial charge in [-0.3, -0.25) is 19.5 Å². The summed E-state index contributed by atoms with van der Waals surface area (Å²) in [5.74, 6) is 0.986. The first-order chi connectivity index (χ1) is 12.6. The Morgan fingerprint density at radius 2 is 2.12 bits per heavy atom. The van der Waals surface area contributed by atoms with Crippen LogP contribution in [-0.4, -0.2) is 46.5 Å². The molecule has 8 heteroatoms. The zero-order valence-corrected chi connectivity index (χ0v) is 14.8. The van der Waals surface area contributed by atoms with E-state index in [2.05, 4.69) is 20.8 Å². The fourth-order valence-corrected chi connectivity index (χ4v) is 2.99. The average Bonchev–Trinajstić information content (AvgIpc) is 3.05. The number of nitrogens with one attached hydrogen (secondary N) is 2. The lowest BCUT2D eigenvalue weighted by Gasteiger charge is -2.30. The number of anilines is 1. The van der Waals surface area contributed by atoms with Crippen molar-refractivity contribution < 1.29 is 14.1 Å². The Kier molecular flexibility index (Phi) is 5.96. The van der Waals surface area contributed by atoms with Crippen molar-refractivity contribution in [1.29, 1.82) is 0 Å². The van der Waals surface area contributed by atoms with Gasteiger partial charge in [0.1, 0.15) is 5.76 Å². The number of rotatable bonds is 6. The highest BCUT2D eigenvalue weighted by Gasteiger charge is 2.25. The highest BCUT2D eigenvalue weighted by Crippen LogP contribution is 2.17. The number of hydrogen-bond acceptors (Lipinski definition) is 6. The Hall–Kier alpha value is -2.74. The molecule has 1 aliphatic rings. The van der Waals surface area contributed by atoms with Crippen LogP contribution in [0.25, 0.3) is 0 Å². The molecule has 3 rings (SSSR count). The van der Waals surface area contributed by atoms with E-state index < -0.39 is 0 Å². The lowest BCUT2D eigenvalue weighted by atomic mass is 9.96. The van der Waals surface area contributed by atoms with Gasteiger partial charge in [0, 0.05) is 18.2 Å². The van der Waals surface area contributed by atoms with E-state index in [0.29, 0.717) is 31.2 Å². The number of likely N-dealkylation sites (tertiary alicyclic amines) is 1. The number of amides is 2. The molecule has 1 aliphatic heterocycles. The third-order valence-electron chi connectivity index (χ3n) is 4.39. The molecule has 0 aromatic carbocycles. The quantitative estimate of drug-likeness (QED) is 0.809. The molecular weight excluding hydrogens is 334 g/mol. The van der Waals surface area contributed by atoms with Gasteiger partial charge in [0.15, 0.2) is 5.82 Å². The Labute approximate surface area is 151 Å². The maximum absolute atomic E-state index is 12.3. The lowest BCUT2D eigenvalue weighted by Crippen LogP contribution is -2.43. The minimum Gasteiger partial charge on any atom is -0.360 e. The molecule has 2 amide bonds. The molecule has 0 atom stereocenters.